The first kappa shape index (κ1) is 8.61. The van der Waals surface area contributed by atoms with Gasteiger partial charge in [-0.3, -0.25) is 0 Å². The third-order valence-corrected chi connectivity index (χ3v) is 1.59. The molecule has 1 aromatic rings. The first-order chi connectivity index (χ1) is 5.86. The summed E-state index contributed by atoms with van der Waals surface area (Å²) in [5, 5.41) is 11.7. The fourth-order valence-electron chi connectivity index (χ4n) is 1.09. The molecule has 62 valence electrons. The zero-order valence-electron chi connectivity index (χ0n) is 7.17. The highest BCUT2D eigenvalue weighted by Crippen LogP contribution is 2.10. The Balaban J connectivity index is 2.75. The van der Waals surface area contributed by atoms with Crippen molar-refractivity contribution in [2.45, 2.75) is 13.3 Å². The van der Waals surface area contributed by atoms with Gasteiger partial charge in [-0.25, -0.2) is 0 Å². The van der Waals surface area contributed by atoms with Crippen molar-refractivity contribution in [3.63, 3.8) is 0 Å². The van der Waals surface area contributed by atoms with Gasteiger partial charge < -0.3 is 5.32 Å². The molecule has 0 amide bonds. The Labute approximate surface area is 72.8 Å². The van der Waals surface area contributed by atoms with Crippen LogP contribution in [-0.4, -0.2) is 6.54 Å². The van der Waals surface area contributed by atoms with Crippen LogP contribution in [0.3, 0.4) is 0 Å². The number of benzene rings is 1. The van der Waals surface area contributed by atoms with E-state index in [9.17, 15) is 0 Å². The number of nitrogens with one attached hydrogen (secondary N) is 1. The Kier molecular flexibility index (Phi) is 3.16. The van der Waals surface area contributed by atoms with E-state index < -0.39 is 0 Å². The van der Waals surface area contributed by atoms with Crippen LogP contribution in [-0.2, 0) is 6.42 Å². The van der Waals surface area contributed by atoms with Gasteiger partial charge in [-0.15, -0.1) is 0 Å². The summed E-state index contributed by atoms with van der Waals surface area (Å²) < 4.78 is 0. The predicted molar refractivity (Wildman–Crippen MR) is 49.9 cm³/mol. The summed E-state index contributed by atoms with van der Waals surface area (Å²) in [4.78, 5) is 0. The van der Waals surface area contributed by atoms with Crippen LogP contribution >= 0.6 is 0 Å². The normalized spacial score (nSPS) is 9.00. The van der Waals surface area contributed by atoms with Crippen LogP contribution < -0.4 is 5.32 Å². The second-order valence-electron chi connectivity index (χ2n) is 2.57. The molecular weight excluding hydrogens is 148 g/mol. The lowest BCUT2D eigenvalue weighted by Gasteiger charge is -2.03. The zero-order chi connectivity index (χ0) is 8.81. The molecule has 0 fully saturated rings. The van der Waals surface area contributed by atoms with Gasteiger partial charge in [-0.05, 0) is 24.6 Å². The molecule has 0 heterocycles. The fourth-order valence-corrected chi connectivity index (χ4v) is 1.09. The number of nitriles is 1. The molecule has 0 spiro atoms. The summed E-state index contributed by atoms with van der Waals surface area (Å²) in [6.07, 6.45) is 0.485. The van der Waals surface area contributed by atoms with E-state index >= 15 is 0 Å². The number of hydrogen-bond acceptors (Lipinski definition) is 2. The minimum atomic E-state index is 0.485. The molecule has 0 radical (unpaired) electrons. The van der Waals surface area contributed by atoms with Gasteiger partial charge in [-0.1, -0.05) is 12.1 Å². The van der Waals surface area contributed by atoms with E-state index in [1.165, 1.54) is 0 Å². The Hall–Kier alpha value is -1.49. The van der Waals surface area contributed by atoms with E-state index in [1.807, 2.05) is 24.3 Å². The summed E-state index contributed by atoms with van der Waals surface area (Å²) in [7, 11) is 0. The third-order valence-electron chi connectivity index (χ3n) is 1.59. The maximum atomic E-state index is 8.47. The summed E-state index contributed by atoms with van der Waals surface area (Å²) in [5.74, 6) is 0. The zero-order valence-corrected chi connectivity index (χ0v) is 7.17. The standard InChI is InChI=1S/C10H12N2/c1-2-12-10-5-3-4-9(8-10)6-7-11/h3-5,8,12H,2,6H2,1H3. The fraction of sp³-hybridized carbons (Fsp3) is 0.300. The van der Waals surface area contributed by atoms with Crippen molar-refractivity contribution in [2.75, 3.05) is 11.9 Å². The largest absolute Gasteiger partial charge is 0.385 e. The predicted octanol–water partition coefficient (Wildman–Crippen LogP) is 2.18. The van der Waals surface area contributed by atoms with Gasteiger partial charge in [0.2, 0.25) is 0 Å². The summed E-state index contributed by atoms with van der Waals surface area (Å²) in [6.45, 7) is 2.97. The second-order valence-corrected chi connectivity index (χ2v) is 2.57. The van der Waals surface area contributed by atoms with E-state index in [4.69, 9.17) is 5.26 Å². The molecule has 1 rings (SSSR count). The highest BCUT2D eigenvalue weighted by atomic mass is 14.8. The Morgan fingerprint density at radius 3 is 3.00 bits per heavy atom. The molecule has 0 saturated carbocycles. The van der Waals surface area contributed by atoms with Crippen molar-refractivity contribution in [2.24, 2.45) is 0 Å². The molecular formula is C10H12N2. The molecule has 2 nitrogen and oxygen atoms in total. The van der Waals surface area contributed by atoms with Crippen LogP contribution in [0.1, 0.15) is 12.5 Å². The van der Waals surface area contributed by atoms with E-state index in [0.717, 1.165) is 17.8 Å². The van der Waals surface area contributed by atoms with Crippen molar-refractivity contribution in [3.8, 4) is 6.07 Å². The number of anilines is 1. The average molecular weight is 160 g/mol. The highest BCUT2D eigenvalue weighted by molar-refractivity contribution is 5.46. The van der Waals surface area contributed by atoms with Gasteiger partial charge in [0.25, 0.3) is 0 Å². The smallest absolute Gasteiger partial charge is 0.0669 e. The van der Waals surface area contributed by atoms with Gasteiger partial charge in [0.15, 0.2) is 0 Å². The van der Waals surface area contributed by atoms with Gasteiger partial charge in [0, 0.05) is 12.2 Å². The van der Waals surface area contributed by atoms with E-state index in [-0.39, 0.29) is 0 Å². The van der Waals surface area contributed by atoms with Crippen LogP contribution in [0, 0.1) is 11.3 Å². The summed E-state index contributed by atoms with van der Waals surface area (Å²) in [6, 6.07) is 10.1. The van der Waals surface area contributed by atoms with Crippen molar-refractivity contribution in [1.29, 1.82) is 5.26 Å². The third kappa shape index (κ3) is 2.28. The van der Waals surface area contributed by atoms with Gasteiger partial charge in [0.05, 0.1) is 12.5 Å². The Morgan fingerprint density at radius 1 is 1.50 bits per heavy atom. The molecule has 1 aromatic carbocycles. The molecule has 1 N–H and O–H groups in total. The molecule has 0 aliphatic carbocycles. The first-order valence-corrected chi connectivity index (χ1v) is 4.06. The Bertz CT molecular complexity index is 286. The van der Waals surface area contributed by atoms with E-state index in [1.54, 1.807) is 0 Å². The molecule has 0 unspecified atom stereocenters. The van der Waals surface area contributed by atoms with Gasteiger partial charge in [-0.2, -0.15) is 5.26 Å². The SMILES string of the molecule is CCNc1cccc(CC#N)c1. The molecule has 0 bridgehead atoms. The number of nitrogens with zero attached hydrogens (tertiary/aromatic N) is 1. The maximum absolute atomic E-state index is 8.47. The maximum Gasteiger partial charge on any atom is 0.0669 e. The molecule has 0 atom stereocenters. The van der Waals surface area contributed by atoms with Crippen molar-refractivity contribution in [3.05, 3.63) is 29.8 Å². The molecule has 0 aromatic heterocycles. The molecule has 12 heavy (non-hydrogen) atoms. The van der Waals surface area contributed by atoms with Crippen molar-refractivity contribution < 1.29 is 0 Å². The highest BCUT2D eigenvalue weighted by Gasteiger charge is 1.92. The quantitative estimate of drug-likeness (QED) is 0.735. The average Bonchev–Trinajstić information content (AvgIpc) is 2.06. The van der Waals surface area contributed by atoms with Crippen LogP contribution in [0.5, 0.6) is 0 Å². The topological polar surface area (TPSA) is 35.8 Å². The lowest BCUT2D eigenvalue weighted by atomic mass is 10.1. The molecule has 0 aliphatic heterocycles. The lowest BCUT2D eigenvalue weighted by molar-refractivity contribution is 1.20. The lowest BCUT2D eigenvalue weighted by Crippen LogP contribution is -1.96. The summed E-state index contributed by atoms with van der Waals surface area (Å²) in [5.41, 5.74) is 2.15. The van der Waals surface area contributed by atoms with Crippen LogP contribution in [0.15, 0.2) is 24.3 Å². The molecule has 0 saturated heterocycles. The van der Waals surface area contributed by atoms with E-state index in [2.05, 4.69) is 18.3 Å². The number of hydrogen-bond donors (Lipinski definition) is 1. The van der Waals surface area contributed by atoms with Crippen molar-refractivity contribution in [1.82, 2.24) is 0 Å². The van der Waals surface area contributed by atoms with Crippen molar-refractivity contribution >= 4 is 5.69 Å². The van der Waals surface area contributed by atoms with Crippen LogP contribution in [0.25, 0.3) is 0 Å². The van der Waals surface area contributed by atoms with Crippen LogP contribution in [0.4, 0.5) is 5.69 Å². The monoisotopic (exact) mass is 160 g/mol. The first-order valence-electron chi connectivity index (χ1n) is 4.06. The van der Waals surface area contributed by atoms with Crippen LogP contribution in [0.2, 0.25) is 0 Å². The minimum Gasteiger partial charge on any atom is -0.385 e. The molecule has 2 heteroatoms. The second kappa shape index (κ2) is 4.40. The van der Waals surface area contributed by atoms with Gasteiger partial charge >= 0.3 is 0 Å². The number of rotatable bonds is 3. The minimum absolute atomic E-state index is 0.485. The van der Waals surface area contributed by atoms with E-state index in [0.29, 0.717) is 6.42 Å². The summed E-state index contributed by atoms with van der Waals surface area (Å²) >= 11 is 0. The van der Waals surface area contributed by atoms with Gasteiger partial charge in [0.1, 0.15) is 0 Å². The molecule has 0 aliphatic rings. The Morgan fingerprint density at radius 2 is 2.33 bits per heavy atom.